The Kier molecular flexibility index (Phi) is 7.10. The van der Waals surface area contributed by atoms with Crippen molar-refractivity contribution in [3.63, 3.8) is 0 Å². The minimum absolute atomic E-state index is 0.00958. The maximum absolute atomic E-state index is 12.9. The van der Waals surface area contributed by atoms with E-state index in [-0.39, 0.29) is 23.9 Å². The summed E-state index contributed by atoms with van der Waals surface area (Å²) in [4.78, 5) is 15.2. The fourth-order valence-electron chi connectivity index (χ4n) is 4.35. The van der Waals surface area contributed by atoms with Crippen molar-refractivity contribution in [2.75, 3.05) is 11.4 Å². The largest absolute Gasteiger partial charge is 0.363 e. The molecular weight excluding hydrogens is 465 g/mol. The molecule has 0 bridgehead atoms. The number of hydrogen-bond donors (Lipinski definition) is 1. The molecule has 1 aliphatic carbocycles. The van der Waals surface area contributed by atoms with E-state index in [1.165, 1.54) is 0 Å². The highest BCUT2D eigenvalue weighted by Crippen LogP contribution is 2.39. The van der Waals surface area contributed by atoms with Crippen molar-refractivity contribution in [3.05, 3.63) is 86.9 Å². The third-order valence-electron chi connectivity index (χ3n) is 5.96. The predicted molar refractivity (Wildman–Crippen MR) is 130 cm³/mol. The van der Waals surface area contributed by atoms with Gasteiger partial charge in [-0.25, -0.2) is 0 Å². The molecular formula is C25H22Cl3N3O. The van der Waals surface area contributed by atoms with Gasteiger partial charge in [-0.2, -0.15) is 5.26 Å². The maximum atomic E-state index is 12.9. The number of hydrogen-bond acceptors (Lipinski definition) is 3. The van der Waals surface area contributed by atoms with Gasteiger partial charge in [0.05, 0.1) is 28.7 Å². The van der Waals surface area contributed by atoms with Gasteiger partial charge >= 0.3 is 0 Å². The number of halogens is 3. The fraction of sp³-hybridized carbons (Fsp3) is 0.280. The Bertz CT molecular complexity index is 1100. The molecule has 1 heterocycles. The molecule has 0 radical (unpaired) electrons. The standard InChI is InChI=1S/C25H22Cl3N3O/c26-19-6-4-17(5-7-19)24-14-21(30-25(32)18-3-1-2-16(12-18)15-29)10-11-31(24)23-9-8-20(27)13-22(23)28/h1-2,4-9,12-13,18,21,24H,3,10-11,14H2,(H,30,32). The second-order valence-corrected chi connectivity index (χ2v) is 9.34. The molecule has 1 fully saturated rings. The van der Waals surface area contributed by atoms with Crippen molar-refractivity contribution >= 4 is 46.4 Å². The number of carbonyl (C=O) groups is 1. The van der Waals surface area contributed by atoms with Gasteiger partial charge in [-0.05, 0) is 61.2 Å². The Morgan fingerprint density at radius 3 is 2.56 bits per heavy atom. The Hall–Kier alpha value is -2.45. The lowest BCUT2D eigenvalue weighted by Gasteiger charge is -2.42. The van der Waals surface area contributed by atoms with Crippen LogP contribution < -0.4 is 10.2 Å². The van der Waals surface area contributed by atoms with Gasteiger partial charge in [0, 0.05) is 28.2 Å². The molecule has 1 saturated heterocycles. The molecule has 4 rings (SSSR count). The Labute approximate surface area is 203 Å². The molecule has 2 aliphatic rings. The first-order valence-electron chi connectivity index (χ1n) is 10.5. The lowest BCUT2D eigenvalue weighted by Crippen LogP contribution is -2.47. The van der Waals surface area contributed by atoms with E-state index < -0.39 is 0 Å². The number of nitriles is 1. The molecule has 164 valence electrons. The lowest BCUT2D eigenvalue weighted by molar-refractivity contribution is -0.124. The quantitative estimate of drug-likeness (QED) is 0.537. The van der Waals surface area contributed by atoms with Crippen molar-refractivity contribution in [2.24, 2.45) is 5.92 Å². The van der Waals surface area contributed by atoms with Gasteiger partial charge < -0.3 is 10.2 Å². The first-order valence-corrected chi connectivity index (χ1v) is 11.6. The van der Waals surface area contributed by atoms with Crippen LogP contribution in [-0.2, 0) is 4.79 Å². The summed E-state index contributed by atoms with van der Waals surface area (Å²) in [7, 11) is 0. The summed E-state index contributed by atoms with van der Waals surface area (Å²) in [6.07, 6.45) is 7.50. The summed E-state index contributed by atoms with van der Waals surface area (Å²) < 4.78 is 0. The maximum Gasteiger partial charge on any atom is 0.227 e. The van der Waals surface area contributed by atoms with Crippen molar-refractivity contribution in [1.29, 1.82) is 5.26 Å². The van der Waals surface area contributed by atoms with E-state index in [2.05, 4.69) is 16.3 Å². The van der Waals surface area contributed by atoms with E-state index in [4.69, 9.17) is 40.1 Å². The molecule has 2 aromatic rings. The number of rotatable bonds is 4. The second kappa shape index (κ2) is 10.0. The van der Waals surface area contributed by atoms with Crippen LogP contribution in [-0.4, -0.2) is 18.5 Å². The van der Waals surface area contributed by atoms with Crippen molar-refractivity contribution in [2.45, 2.75) is 31.3 Å². The molecule has 0 saturated carbocycles. The van der Waals surface area contributed by atoms with E-state index in [1.54, 1.807) is 18.2 Å². The summed E-state index contributed by atoms with van der Waals surface area (Å²) in [6, 6.07) is 15.5. The number of nitrogens with one attached hydrogen (secondary N) is 1. The molecule has 7 heteroatoms. The topological polar surface area (TPSA) is 56.1 Å². The number of carbonyl (C=O) groups excluding carboxylic acids is 1. The van der Waals surface area contributed by atoms with E-state index in [0.717, 1.165) is 30.6 Å². The highest BCUT2D eigenvalue weighted by molar-refractivity contribution is 6.36. The van der Waals surface area contributed by atoms with Crippen LogP contribution in [0.1, 0.15) is 30.9 Å². The molecule has 2 aromatic carbocycles. The van der Waals surface area contributed by atoms with Crippen LogP contribution in [0.2, 0.25) is 15.1 Å². The lowest BCUT2D eigenvalue weighted by atomic mass is 9.90. The monoisotopic (exact) mass is 485 g/mol. The zero-order valence-corrected chi connectivity index (χ0v) is 19.5. The highest BCUT2D eigenvalue weighted by atomic mass is 35.5. The third kappa shape index (κ3) is 5.13. The van der Waals surface area contributed by atoms with E-state index >= 15 is 0 Å². The first kappa shape index (κ1) is 22.7. The number of piperidine rings is 1. The second-order valence-electron chi connectivity index (χ2n) is 8.06. The first-order chi connectivity index (χ1) is 15.4. The fourth-order valence-corrected chi connectivity index (χ4v) is 4.99. The van der Waals surface area contributed by atoms with Crippen LogP contribution in [0.3, 0.4) is 0 Å². The van der Waals surface area contributed by atoms with E-state index in [0.29, 0.717) is 27.1 Å². The smallest absolute Gasteiger partial charge is 0.227 e. The molecule has 32 heavy (non-hydrogen) atoms. The number of allylic oxidation sites excluding steroid dienone is 3. The van der Waals surface area contributed by atoms with Crippen molar-refractivity contribution in [3.8, 4) is 6.07 Å². The summed E-state index contributed by atoms with van der Waals surface area (Å²) in [6.45, 7) is 0.726. The Morgan fingerprint density at radius 1 is 1.09 bits per heavy atom. The Balaban J connectivity index is 1.55. The van der Waals surface area contributed by atoms with Gasteiger partial charge in [0.15, 0.2) is 0 Å². The molecule has 1 aliphatic heterocycles. The van der Waals surface area contributed by atoms with Crippen molar-refractivity contribution in [1.82, 2.24) is 5.32 Å². The van der Waals surface area contributed by atoms with E-state index in [9.17, 15) is 4.79 Å². The number of benzene rings is 2. The van der Waals surface area contributed by atoms with Gasteiger partial charge in [-0.3, -0.25) is 4.79 Å². The van der Waals surface area contributed by atoms with E-state index in [1.807, 2.05) is 42.5 Å². The minimum Gasteiger partial charge on any atom is -0.363 e. The van der Waals surface area contributed by atoms with Crippen LogP contribution >= 0.6 is 34.8 Å². The van der Waals surface area contributed by atoms with Gasteiger partial charge in [-0.1, -0.05) is 59.1 Å². The third-order valence-corrected chi connectivity index (χ3v) is 6.75. The number of anilines is 1. The van der Waals surface area contributed by atoms with Gasteiger partial charge in [0.1, 0.15) is 0 Å². The van der Waals surface area contributed by atoms with Crippen molar-refractivity contribution < 1.29 is 4.79 Å². The SMILES string of the molecule is N#CC1=CC(C(=O)NC2CCN(c3ccc(Cl)cc3Cl)C(c3ccc(Cl)cc3)C2)CC=C1. The summed E-state index contributed by atoms with van der Waals surface area (Å²) in [5.74, 6) is -0.354. The normalized spacial score (nSPS) is 22.8. The molecule has 1 amide bonds. The van der Waals surface area contributed by atoms with Gasteiger partial charge in [0.25, 0.3) is 0 Å². The zero-order chi connectivity index (χ0) is 22.7. The van der Waals surface area contributed by atoms with Crippen LogP contribution in [0.4, 0.5) is 5.69 Å². The number of nitrogens with zero attached hydrogens (tertiary/aromatic N) is 2. The summed E-state index contributed by atoms with van der Waals surface area (Å²) in [5, 5.41) is 14.2. The average molecular weight is 487 g/mol. The summed E-state index contributed by atoms with van der Waals surface area (Å²) in [5.41, 5.74) is 2.55. The molecule has 3 atom stereocenters. The minimum atomic E-state index is -0.313. The van der Waals surface area contributed by atoms with Gasteiger partial charge in [0.2, 0.25) is 5.91 Å². The van der Waals surface area contributed by atoms with Crippen LogP contribution in [0.15, 0.2) is 66.3 Å². The summed E-state index contributed by atoms with van der Waals surface area (Å²) >= 11 is 18.8. The van der Waals surface area contributed by atoms with Crippen LogP contribution in [0, 0.1) is 17.2 Å². The van der Waals surface area contributed by atoms with Crippen LogP contribution in [0.5, 0.6) is 0 Å². The molecule has 3 unspecified atom stereocenters. The average Bonchev–Trinajstić information content (AvgIpc) is 2.80. The molecule has 4 nitrogen and oxygen atoms in total. The molecule has 1 N–H and O–H groups in total. The molecule has 0 aromatic heterocycles. The van der Waals surface area contributed by atoms with Crippen LogP contribution in [0.25, 0.3) is 0 Å². The predicted octanol–water partition coefficient (Wildman–Crippen LogP) is 6.50. The highest BCUT2D eigenvalue weighted by Gasteiger charge is 2.32. The number of amides is 1. The zero-order valence-electron chi connectivity index (χ0n) is 17.3. The van der Waals surface area contributed by atoms with Gasteiger partial charge in [-0.15, -0.1) is 0 Å². The molecule has 0 spiro atoms. The Morgan fingerprint density at radius 2 is 1.84 bits per heavy atom.